The van der Waals surface area contributed by atoms with Gasteiger partial charge in [0.1, 0.15) is 6.04 Å². The average Bonchev–Trinajstić information content (AvgIpc) is 3.04. The van der Waals surface area contributed by atoms with Crippen LogP contribution >= 0.6 is 0 Å². The fourth-order valence-corrected chi connectivity index (χ4v) is 4.34. The molecule has 0 bridgehead atoms. The number of fused-ring (bicyclic) bond motifs is 1. The molecule has 1 aromatic rings. The maximum absolute atomic E-state index is 12.8. The number of hydrogen-bond acceptors (Lipinski definition) is 6. The minimum Gasteiger partial charge on any atom is -0.339 e. The molecule has 4 amide bonds. The van der Waals surface area contributed by atoms with Crippen molar-refractivity contribution in [2.75, 3.05) is 39.8 Å². The van der Waals surface area contributed by atoms with Crippen molar-refractivity contribution in [3.8, 4) is 0 Å². The van der Waals surface area contributed by atoms with Crippen LogP contribution in [0.25, 0.3) is 0 Å². The number of benzene rings is 1. The van der Waals surface area contributed by atoms with Crippen LogP contribution in [0.2, 0.25) is 0 Å². The molecule has 2 N–H and O–H groups in total. The Bertz CT molecular complexity index is 880. The number of imide groups is 1. The lowest BCUT2D eigenvalue weighted by molar-refractivity contribution is -0.137. The zero-order valence-corrected chi connectivity index (χ0v) is 17.1. The molecule has 3 aliphatic heterocycles. The molecule has 9 heteroatoms. The van der Waals surface area contributed by atoms with Crippen LogP contribution in [0, 0.1) is 0 Å². The van der Waals surface area contributed by atoms with E-state index in [0.29, 0.717) is 31.6 Å². The monoisotopic (exact) mass is 413 g/mol. The van der Waals surface area contributed by atoms with E-state index in [4.69, 9.17) is 0 Å². The van der Waals surface area contributed by atoms with Crippen molar-refractivity contribution < 1.29 is 19.2 Å². The average molecular weight is 413 g/mol. The summed E-state index contributed by atoms with van der Waals surface area (Å²) in [7, 11) is 1.91. The molecule has 160 valence electrons. The summed E-state index contributed by atoms with van der Waals surface area (Å²) in [5, 5.41) is 5.56. The lowest BCUT2D eigenvalue weighted by Crippen LogP contribution is -2.52. The molecule has 9 nitrogen and oxygen atoms in total. The first-order chi connectivity index (χ1) is 14.4. The summed E-state index contributed by atoms with van der Waals surface area (Å²) in [6.45, 7) is 4.44. The number of nitrogens with zero attached hydrogens (tertiary/aromatic N) is 3. The Morgan fingerprint density at radius 2 is 1.97 bits per heavy atom. The van der Waals surface area contributed by atoms with E-state index in [0.717, 1.165) is 37.3 Å². The zero-order valence-electron chi connectivity index (χ0n) is 17.1. The van der Waals surface area contributed by atoms with Gasteiger partial charge in [0.05, 0.1) is 6.54 Å². The molecule has 3 heterocycles. The summed E-state index contributed by atoms with van der Waals surface area (Å²) in [4.78, 5) is 54.2. The predicted molar refractivity (Wildman–Crippen MR) is 108 cm³/mol. The largest absolute Gasteiger partial charge is 0.339 e. The molecular weight excluding hydrogens is 386 g/mol. The lowest BCUT2D eigenvalue weighted by atomic mass is 10.0. The van der Waals surface area contributed by atoms with E-state index in [1.165, 1.54) is 0 Å². The summed E-state index contributed by atoms with van der Waals surface area (Å²) in [6.07, 6.45) is 0.599. The Morgan fingerprint density at radius 3 is 2.70 bits per heavy atom. The first-order valence-corrected chi connectivity index (χ1v) is 10.4. The molecule has 1 unspecified atom stereocenters. The number of carbonyl (C=O) groups is 4. The summed E-state index contributed by atoms with van der Waals surface area (Å²) >= 11 is 0. The van der Waals surface area contributed by atoms with E-state index in [9.17, 15) is 19.2 Å². The molecule has 2 fully saturated rings. The molecule has 3 aliphatic rings. The van der Waals surface area contributed by atoms with Gasteiger partial charge >= 0.3 is 0 Å². The maximum atomic E-state index is 12.8. The van der Waals surface area contributed by atoms with Crippen molar-refractivity contribution in [1.29, 1.82) is 0 Å². The van der Waals surface area contributed by atoms with Crippen LogP contribution in [0.5, 0.6) is 0 Å². The van der Waals surface area contributed by atoms with Gasteiger partial charge in [-0.05, 0) is 30.7 Å². The summed E-state index contributed by atoms with van der Waals surface area (Å²) in [5.74, 6) is -0.743. The quantitative estimate of drug-likeness (QED) is 0.620. The van der Waals surface area contributed by atoms with Gasteiger partial charge in [-0.25, -0.2) is 0 Å². The molecule has 2 saturated heterocycles. The number of likely N-dealkylation sites (N-methyl/N-ethyl adjacent to an activating group) is 1. The first-order valence-electron chi connectivity index (χ1n) is 10.4. The number of hydrogen-bond donors (Lipinski definition) is 2. The van der Waals surface area contributed by atoms with Gasteiger partial charge in [-0.1, -0.05) is 12.1 Å². The number of amides is 4. The lowest BCUT2D eigenvalue weighted by Gasteiger charge is -2.29. The topological polar surface area (TPSA) is 102 Å². The number of piperidine rings is 1. The third-order valence-electron chi connectivity index (χ3n) is 5.92. The van der Waals surface area contributed by atoms with Crippen LogP contribution in [-0.4, -0.2) is 84.1 Å². The highest BCUT2D eigenvalue weighted by Gasteiger charge is 2.39. The molecule has 4 rings (SSSR count). The normalized spacial score (nSPS) is 21.8. The van der Waals surface area contributed by atoms with Gasteiger partial charge in [-0.2, -0.15) is 0 Å². The molecule has 1 aromatic carbocycles. The Labute approximate surface area is 175 Å². The molecule has 0 radical (unpaired) electrons. The second kappa shape index (κ2) is 8.53. The van der Waals surface area contributed by atoms with Crippen LogP contribution in [-0.2, 0) is 27.5 Å². The highest BCUT2D eigenvalue weighted by molar-refractivity contribution is 6.05. The third kappa shape index (κ3) is 4.22. The van der Waals surface area contributed by atoms with Gasteiger partial charge in [0, 0.05) is 51.3 Å². The van der Waals surface area contributed by atoms with Gasteiger partial charge in [0.15, 0.2) is 0 Å². The molecule has 0 saturated carbocycles. The fraction of sp³-hybridized carbons (Fsp3) is 0.524. The van der Waals surface area contributed by atoms with Gasteiger partial charge in [-0.3, -0.25) is 29.4 Å². The highest BCUT2D eigenvalue weighted by atomic mass is 16.2. The van der Waals surface area contributed by atoms with Gasteiger partial charge < -0.3 is 15.1 Å². The summed E-state index contributed by atoms with van der Waals surface area (Å²) < 4.78 is 0. The Morgan fingerprint density at radius 1 is 1.20 bits per heavy atom. The van der Waals surface area contributed by atoms with Gasteiger partial charge in [0.2, 0.25) is 17.7 Å². The molecule has 1 atom stereocenters. The SMILES string of the molecule is CN(CC(=O)N1CCNCC1)Cc1ccc2c(c1)CN(C1CCC(=O)NC1=O)C2=O. The Balaban J connectivity index is 1.38. The molecule has 0 aromatic heterocycles. The highest BCUT2D eigenvalue weighted by Crippen LogP contribution is 2.28. The summed E-state index contributed by atoms with van der Waals surface area (Å²) in [5.41, 5.74) is 2.49. The van der Waals surface area contributed by atoms with Crippen molar-refractivity contribution in [2.24, 2.45) is 0 Å². The summed E-state index contributed by atoms with van der Waals surface area (Å²) in [6, 6.07) is 5.07. The smallest absolute Gasteiger partial charge is 0.255 e. The van der Waals surface area contributed by atoms with Gasteiger partial charge in [0.25, 0.3) is 5.91 Å². The molecule has 30 heavy (non-hydrogen) atoms. The predicted octanol–water partition coefficient (Wildman–Crippen LogP) is -0.689. The second-order valence-electron chi connectivity index (χ2n) is 8.19. The van der Waals surface area contributed by atoms with Crippen LogP contribution in [0.3, 0.4) is 0 Å². The van der Waals surface area contributed by atoms with Crippen LogP contribution in [0.4, 0.5) is 0 Å². The minimum atomic E-state index is -0.606. The third-order valence-corrected chi connectivity index (χ3v) is 5.92. The molecular formula is C21H27N5O4. The second-order valence-corrected chi connectivity index (χ2v) is 8.19. The van der Waals surface area contributed by atoms with Gasteiger partial charge in [-0.15, -0.1) is 0 Å². The van der Waals surface area contributed by atoms with E-state index in [-0.39, 0.29) is 24.1 Å². The Kier molecular flexibility index (Phi) is 5.83. The van der Waals surface area contributed by atoms with Crippen LogP contribution < -0.4 is 10.6 Å². The van der Waals surface area contributed by atoms with E-state index >= 15 is 0 Å². The Hall–Kier alpha value is -2.78. The molecule has 0 aliphatic carbocycles. The zero-order chi connectivity index (χ0) is 21.3. The van der Waals surface area contributed by atoms with Crippen molar-refractivity contribution in [3.63, 3.8) is 0 Å². The van der Waals surface area contributed by atoms with Crippen molar-refractivity contribution >= 4 is 23.6 Å². The van der Waals surface area contributed by atoms with E-state index in [1.807, 2.05) is 29.0 Å². The molecule has 0 spiro atoms. The number of carbonyl (C=O) groups excluding carboxylic acids is 4. The number of nitrogens with one attached hydrogen (secondary N) is 2. The van der Waals surface area contributed by atoms with E-state index in [2.05, 4.69) is 10.6 Å². The van der Waals surface area contributed by atoms with Crippen LogP contribution in [0.15, 0.2) is 18.2 Å². The van der Waals surface area contributed by atoms with Crippen molar-refractivity contribution in [1.82, 2.24) is 25.3 Å². The standard InChI is InChI=1S/C21H27N5O4/c1-24(13-19(28)25-8-6-22-7-9-25)11-14-2-3-16-15(10-14)12-26(21(16)30)17-4-5-18(27)23-20(17)29/h2-3,10,17,22H,4-9,11-13H2,1H3,(H,23,27,29). The fourth-order valence-electron chi connectivity index (χ4n) is 4.34. The maximum Gasteiger partial charge on any atom is 0.255 e. The minimum absolute atomic E-state index is 0.124. The first kappa shape index (κ1) is 20.5. The van der Waals surface area contributed by atoms with E-state index < -0.39 is 11.9 Å². The van der Waals surface area contributed by atoms with Crippen LogP contribution in [0.1, 0.15) is 34.3 Å². The van der Waals surface area contributed by atoms with E-state index in [1.54, 1.807) is 11.0 Å². The van der Waals surface area contributed by atoms with Crippen molar-refractivity contribution in [2.45, 2.75) is 32.0 Å². The number of piperazine rings is 1. The van der Waals surface area contributed by atoms with Crippen molar-refractivity contribution in [3.05, 3.63) is 34.9 Å². The number of rotatable bonds is 5.